The van der Waals surface area contributed by atoms with Crippen molar-refractivity contribution >= 4 is 33.7 Å². The number of nitrogens with zero attached hydrogens (tertiary/aromatic N) is 2. The first kappa shape index (κ1) is 16.5. The van der Waals surface area contributed by atoms with E-state index >= 15 is 0 Å². The first-order chi connectivity index (χ1) is 10.4. The van der Waals surface area contributed by atoms with Crippen molar-refractivity contribution in [3.05, 3.63) is 22.6 Å². The van der Waals surface area contributed by atoms with E-state index in [0.717, 1.165) is 6.42 Å². The lowest BCUT2D eigenvalue weighted by Crippen LogP contribution is -2.48. The topological polar surface area (TPSA) is 82.9 Å². The van der Waals surface area contributed by atoms with Gasteiger partial charge in [-0.15, -0.1) is 0 Å². The summed E-state index contributed by atoms with van der Waals surface area (Å²) in [5.74, 6) is -0.695. The molecule has 1 unspecified atom stereocenters. The van der Waals surface area contributed by atoms with Crippen LogP contribution in [0.15, 0.2) is 21.2 Å². The predicted molar refractivity (Wildman–Crippen MR) is 82.2 cm³/mol. The fourth-order valence-electron chi connectivity index (χ4n) is 2.40. The second-order valence-corrected chi connectivity index (χ2v) is 6.05. The van der Waals surface area contributed by atoms with Gasteiger partial charge in [0, 0.05) is 20.6 Å². The molecule has 1 aromatic rings. The van der Waals surface area contributed by atoms with Crippen molar-refractivity contribution in [1.29, 1.82) is 0 Å². The third kappa shape index (κ3) is 3.68. The molecule has 1 N–H and O–H groups in total. The van der Waals surface area contributed by atoms with Crippen LogP contribution in [-0.2, 0) is 9.59 Å². The minimum Gasteiger partial charge on any atom is -0.444 e. The lowest BCUT2D eigenvalue weighted by atomic mass is 10.2. The van der Waals surface area contributed by atoms with Crippen LogP contribution in [0.4, 0.5) is 0 Å². The lowest BCUT2D eigenvalue weighted by molar-refractivity contribution is -0.141. The van der Waals surface area contributed by atoms with E-state index in [2.05, 4.69) is 21.2 Å². The maximum Gasteiger partial charge on any atom is 0.287 e. The van der Waals surface area contributed by atoms with Crippen molar-refractivity contribution < 1.29 is 18.8 Å². The van der Waals surface area contributed by atoms with E-state index in [0.29, 0.717) is 17.6 Å². The molecule has 1 aliphatic rings. The monoisotopic (exact) mass is 371 g/mol. The average Bonchev–Trinajstić information content (AvgIpc) is 3.12. The summed E-state index contributed by atoms with van der Waals surface area (Å²) in [6.07, 6.45) is 1.44. The number of carbonyl (C=O) groups excluding carboxylic acids is 3. The van der Waals surface area contributed by atoms with Gasteiger partial charge in [-0.3, -0.25) is 14.4 Å². The van der Waals surface area contributed by atoms with E-state index in [1.165, 1.54) is 15.9 Å². The van der Waals surface area contributed by atoms with Gasteiger partial charge in [0.25, 0.3) is 5.91 Å². The number of likely N-dealkylation sites (tertiary alicyclic amines) is 1. The quantitative estimate of drug-likeness (QED) is 0.850. The number of nitrogens with one attached hydrogen (secondary N) is 1. The van der Waals surface area contributed by atoms with E-state index in [1.807, 2.05) is 0 Å². The Bertz CT molecular complexity index is 584. The van der Waals surface area contributed by atoms with Gasteiger partial charge < -0.3 is 19.5 Å². The van der Waals surface area contributed by atoms with E-state index in [4.69, 9.17) is 4.42 Å². The molecule has 120 valence electrons. The Hall–Kier alpha value is -1.83. The Labute approximate surface area is 136 Å². The van der Waals surface area contributed by atoms with Gasteiger partial charge in [0.05, 0.1) is 6.54 Å². The van der Waals surface area contributed by atoms with Crippen LogP contribution >= 0.6 is 15.9 Å². The van der Waals surface area contributed by atoms with E-state index in [-0.39, 0.29) is 24.1 Å². The van der Waals surface area contributed by atoms with Crippen molar-refractivity contribution in [2.24, 2.45) is 0 Å². The first-order valence-electron chi connectivity index (χ1n) is 6.94. The summed E-state index contributed by atoms with van der Waals surface area (Å²) in [6.45, 7) is 0.375. The largest absolute Gasteiger partial charge is 0.444 e. The Balaban J connectivity index is 1.91. The van der Waals surface area contributed by atoms with Gasteiger partial charge in [-0.25, -0.2) is 0 Å². The highest BCUT2D eigenvalue weighted by molar-refractivity contribution is 9.10. The molecule has 2 heterocycles. The smallest absolute Gasteiger partial charge is 0.287 e. The highest BCUT2D eigenvalue weighted by atomic mass is 79.9. The number of hydrogen-bond acceptors (Lipinski definition) is 4. The standard InChI is InChI=1S/C14H18BrN3O4/c1-17(2)14(21)9-4-3-7-18(9)12(19)8-16-13(20)10-5-6-11(15)22-10/h5-6,9H,3-4,7-8H2,1-2H3,(H,16,20). The summed E-state index contributed by atoms with van der Waals surface area (Å²) >= 11 is 3.11. The van der Waals surface area contributed by atoms with E-state index in [1.54, 1.807) is 20.2 Å². The van der Waals surface area contributed by atoms with Crippen LogP contribution in [0, 0.1) is 0 Å². The molecule has 1 aromatic heterocycles. The second kappa shape index (κ2) is 6.95. The maximum absolute atomic E-state index is 12.2. The normalized spacial score (nSPS) is 17.4. The summed E-state index contributed by atoms with van der Waals surface area (Å²) in [6, 6.07) is 2.68. The molecule has 0 aromatic carbocycles. The fraction of sp³-hybridized carbons (Fsp3) is 0.500. The molecule has 0 aliphatic carbocycles. The zero-order valence-electron chi connectivity index (χ0n) is 12.5. The van der Waals surface area contributed by atoms with Gasteiger partial charge in [-0.2, -0.15) is 0 Å². The minimum absolute atomic E-state index is 0.0906. The Kier molecular flexibility index (Phi) is 5.23. The highest BCUT2D eigenvalue weighted by Gasteiger charge is 2.34. The SMILES string of the molecule is CN(C)C(=O)C1CCCN1C(=O)CNC(=O)c1ccc(Br)o1. The van der Waals surface area contributed by atoms with Gasteiger partial charge >= 0.3 is 0 Å². The summed E-state index contributed by atoms with van der Waals surface area (Å²) in [5, 5.41) is 2.51. The number of hydrogen-bond donors (Lipinski definition) is 1. The van der Waals surface area contributed by atoms with Gasteiger partial charge in [0.15, 0.2) is 10.4 Å². The summed E-state index contributed by atoms with van der Waals surface area (Å²) in [7, 11) is 3.33. The summed E-state index contributed by atoms with van der Waals surface area (Å²) < 4.78 is 5.56. The highest BCUT2D eigenvalue weighted by Crippen LogP contribution is 2.19. The van der Waals surface area contributed by atoms with Crippen LogP contribution in [0.1, 0.15) is 23.4 Å². The van der Waals surface area contributed by atoms with Crippen molar-refractivity contribution in [3.63, 3.8) is 0 Å². The number of halogens is 1. The molecule has 2 rings (SSSR count). The van der Waals surface area contributed by atoms with Gasteiger partial charge in [0.2, 0.25) is 11.8 Å². The molecule has 1 atom stereocenters. The molecule has 0 bridgehead atoms. The minimum atomic E-state index is -0.464. The van der Waals surface area contributed by atoms with Crippen molar-refractivity contribution in [2.75, 3.05) is 27.2 Å². The van der Waals surface area contributed by atoms with Crippen LogP contribution in [0.3, 0.4) is 0 Å². The number of carbonyl (C=O) groups is 3. The number of likely N-dealkylation sites (N-methyl/N-ethyl adjacent to an activating group) is 1. The third-order valence-electron chi connectivity index (χ3n) is 3.50. The van der Waals surface area contributed by atoms with Crippen molar-refractivity contribution in [2.45, 2.75) is 18.9 Å². The predicted octanol–water partition coefficient (Wildman–Crippen LogP) is 0.851. The van der Waals surface area contributed by atoms with Gasteiger partial charge in [-0.05, 0) is 40.9 Å². The van der Waals surface area contributed by atoms with Crippen LogP contribution in [0.5, 0.6) is 0 Å². The molecular formula is C14H18BrN3O4. The molecule has 22 heavy (non-hydrogen) atoms. The molecule has 8 heteroatoms. The van der Waals surface area contributed by atoms with Gasteiger partial charge in [0.1, 0.15) is 6.04 Å². The number of amides is 3. The lowest BCUT2D eigenvalue weighted by Gasteiger charge is -2.26. The van der Waals surface area contributed by atoms with Crippen LogP contribution in [-0.4, -0.2) is 60.7 Å². The Morgan fingerprint density at radius 2 is 2.14 bits per heavy atom. The molecule has 0 saturated carbocycles. The number of rotatable bonds is 4. The fourth-order valence-corrected chi connectivity index (χ4v) is 2.71. The summed E-state index contributed by atoms with van der Waals surface area (Å²) in [5.41, 5.74) is 0. The maximum atomic E-state index is 12.2. The number of furan rings is 1. The summed E-state index contributed by atoms with van der Waals surface area (Å²) in [4.78, 5) is 39.1. The van der Waals surface area contributed by atoms with Crippen LogP contribution < -0.4 is 5.32 Å². The Morgan fingerprint density at radius 1 is 1.41 bits per heavy atom. The van der Waals surface area contributed by atoms with Crippen molar-refractivity contribution in [3.8, 4) is 0 Å². The van der Waals surface area contributed by atoms with Crippen molar-refractivity contribution in [1.82, 2.24) is 15.1 Å². The molecule has 7 nitrogen and oxygen atoms in total. The second-order valence-electron chi connectivity index (χ2n) is 5.26. The zero-order valence-corrected chi connectivity index (χ0v) is 14.1. The van der Waals surface area contributed by atoms with Gasteiger partial charge in [-0.1, -0.05) is 0 Å². The van der Waals surface area contributed by atoms with Crippen LogP contribution in [0.2, 0.25) is 0 Å². The molecule has 1 aliphatic heterocycles. The molecule has 1 saturated heterocycles. The average molecular weight is 372 g/mol. The zero-order chi connectivity index (χ0) is 16.3. The Morgan fingerprint density at radius 3 is 2.73 bits per heavy atom. The van der Waals surface area contributed by atoms with Crippen LogP contribution in [0.25, 0.3) is 0 Å². The van der Waals surface area contributed by atoms with E-state index < -0.39 is 11.9 Å². The molecular weight excluding hydrogens is 354 g/mol. The first-order valence-corrected chi connectivity index (χ1v) is 7.73. The molecule has 3 amide bonds. The van der Waals surface area contributed by atoms with E-state index in [9.17, 15) is 14.4 Å². The third-order valence-corrected chi connectivity index (χ3v) is 3.92. The molecule has 0 radical (unpaired) electrons. The molecule has 0 spiro atoms. The molecule has 1 fully saturated rings.